The summed E-state index contributed by atoms with van der Waals surface area (Å²) in [6.45, 7) is 12.1. The zero-order valence-corrected chi connectivity index (χ0v) is 12.4. The Hall–Kier alpha value is -0.930. The highest BCUT2D eigenvalue weighted by Gasteiger charge is 2.12. The topological polar surface area (TPSA) is 28.2 Å². The second-order valence-corrected chi connectivity index (χ2v) is 6.29. The molecule has 0 aliphatic carbocycles. The second-order valence-electron chi connectivity index (χ2n) is 6.29. The monoisotopic (exact) mass is 249 g/mol. The maximum absolute atomic E-state index is 4.04. The van der Waals surface area contributed by atoms with Crippen molar-refractivity contribution in [1.82, 2.24) is 15.2 Å². The number of pyridine rings is 1. The van der Waals surface area contributed by atoms with Crippen LogP contribution in [0.15, 0.2) is 24.5 Å². The van der Waals surface area contributed by atoms with Gasteiger partial charge in [0, 0.05) is 31.0 Å². The molecule has 0 aliphatic rings. The average Bonchev–Trinajstić information content (AvgIpc) is 2.26. The minimum atomic E-state index is 0.206. The van der Waals surface area contributed by atoms with Gasteiger partial charge in [0.2, 0.25) is 0 Å². The van der Waals surface area contributed by atoms with Crippen LogP contribution in [0, 0.1) is 5.92 Å². The predicted molar refractivity (Wildman–Crippen MR) is 77.5 cm³/mol. The smallest absolute Gasteiger partial charge is 0.0271 e. The fourth-order valence-electron chi connectivity index (χ4n) is 1.94. The molecule has 0 spiro atoms. The van der Waals surface area contributed by atoms with Gasteiger partial charge in [0.25, 0.3) is 0 Å². The van der Waals surface area contributed by atoms with Crippen LogP contribution in [0.3, 0.4) is 0 Å². The Morgan fingerprint density at radius 2 is 1.89 bits per heavy atom. The third-order valence-corrected chi connectivity index (χ3v) is 2.81. The predicted octanol–water partition coefficient (Wildman–Crippen LogP) is 2.54. The maximum Gasteiger partial charge on any atom is 0.0271 e. The number of aromatic nitrogens is 1. The van der Waals surface area contributed by atoms with E-state index >= 15 is 0 Å². The number of nitrogens with zero attached hydrogens (tertiary/aromatic N) is 2. The van der Waals surface area contributed by atoms with Gasteiger partial charge in [0.1, 0.15) is 0 Å². The van der Waals surface area contributed by atoms with Crippen LogP contribution in [0.5, 0.6) is 0 Å². The molecule has 0 aromatic carbocycles. The molecule has 1 aromatic rings. The Bertz CT molecular complexity index is 329. The molecule has 102 valence electrons. The van der Waals surface area contributed by atoms with E-state index in [2.05, 4.69) is 62.1 Å². The summed E-state index contributed by atoms with van der Waals surface area (Å²) in [5.41, 5.74) is 1.53. The van der Waals surface area contributed by atoms with Crippen molar-refractivity contribution in [2.45, 2.75) is 39.8 Å². The highest BCUT2D eigenvalue weighted by atomic mass is 15.1. The fraction of sp³-hybridized carbons (Fsp3) is 0.667. The number of hydrogen-bond donors (Lipinski definition) is 1. The lowest BCUT2D eigenvalue weighted by molar-refractivity contribution is 0.261. The van der Waals surface area contributed by atoms with E-state index < -0.39 is 0 Å². The Morgan fingerprint density at radius 3 is 2.44 bits per heavy atom. The SMILES string of the molecule is CC(CNC(C)(C)C)CN(C)Cc1ccncc1. The van der Waals surface area contributed by atoms with Crippen molar-refractivity contribution >= 4 is 0 Å². The molecule has 1 aromatic heterocycles. The van der Waals surface area contributed by atoms with Crippen molar-refractivity contribution in [3.8, 4) is 0 Å². The minimum absolute atomic E-state index is 0.206. The van der Waals surface area contributed by atoms with E-state index in [0.717, 1.165) is 19.6 Å². The summed E-state index contributed by atoms with van der Waals surface area (Å²) < 4.78 is 0. The lowest BCUT2D eigenvalue weighted by Crippen LogP contribution is -2.40. The van der Waals surface area contributed by atoms with Gasteiger partial charge >= 0.3 is 0 Å². The van der Waals surface area contributed by atoms with Crippen LogP contribution in [-0.4, -0.2) is 35.6 Å². The molecule has 0 radical (unpaired) electrons. The maximum atomic E-state index is 4.04. The van der Waals surface area contributed by atoms with Crippen molar-refractivity contribution in [1.29, 1.82) is 0 Å². The van der Waals surface area contributed by atoms with Crippen molar-refractivity contribution in [2.24, 2.45) is 5.92 Å². The van der Waals surface area contributed by atoms with Crippen molar-refractivity contribution in [3.05, 3.63) is 30.1 Å². The molecule has 3 heteroatoms. The molecule has 0 amide bonds. The first-order chi connectivity index (χ1) is 8.37. The van der Waals surface area contributed by atoms with E-state index in [1.165, 1.54) is 5.56 Å². The van der Waals surface area contributed by atoms with Gasteiger partial charge in [-0.1, -0.05) is 6.92 Å². The first-order valence-corrected chi connectivity index (χ1v) is 6.69. The van der Waals surface area contributed by atoms with Crippen molar-refractivity contribution < 1.29 is 0 Å². The number of hydrogen-bond acceptors (Lipinski definition) is 3. The first-order valence-electron chi connectivity index (χ1n) is 6.69. The molecule has 0 saturated heterocycles. The lowest BCUT2D eigenvalue weighted by Gasteiger charge is -2.26. The van der Waals surface area contributed by atoms with Crippen LogP contribution in [-0.2, 0) is 6.54 Å². The standard InChI is InChI=1S/C15H27N3/c1-13(10-17-15(2,3)4)11-18(5)12-14-6-8-16-9-7-14/h6-9,13,17H,10-12H2,1-5H3. The third-order valence-electron chi connectivity index (χ3n) is 2.81. The highest BCUT2D eigenvalue weighted by molar-refractivity contribution is 5.09. The van der Waals surface area contributed by atoms with Gasteiger partial charge in [-0.05, 0) is 58.0 Å². The largest absolute Gasteiger partial charge is 0.312 e. The number of nitrogens with one attached hydrogen (secondary N) is 1. The van der Waals surface area contributed by atoms with E-state index in [0.29, 0.717) is 5.92 Å². The third kappa shape index (κ3) is 6.72. The molecule has 1 N–H and O–H groups in total. The average molecular weight is 249 g/mol. The van der Waals surface area contributed by atoms with Crippen LogP contribution in [0.25, 0.3) is 0 Å². The fourth-order valence-corrected chi connectivity index (χ4v) is 1.94. The Labute approximate surface area is 112 Å². The molecule has 0 saturated carbocycles. The highest BCUT2D eigenvalue weighted by Crippen LogP contribution is 2.06. The molecule has 0 fully saturated rings. The van der Waals surface area contributed by atoms with Gasteiger partial charge in [0.15, 0.2) is 0 Å². The van der Waals surface area contributed by atoms with Gasteiger partial charge in [-0.3, -0.25) is 4.98 Å². The molecule has 0 bridgehead atoms. The minimum Gasteiger partial charge on any atom is -0.312 e. The number of rotatable bonds is 6. The first kappa shape index (κ1) is 15.1. The lowest BCUT2D eigenvalue weighted by atomic mass is 10.1. The normalized spacial score (nSPS) is 13.9. The van der Waals surface area contributed by atoms with E-state index in [-0.39, 0.29) is 5.54 Å². The van der Waals surface area contributed by atoms with Crippen LogP contribution in [0.1, 0.15) is 33.3 Å². The van der Waals surface area contributed by atoms with Gasteiger partial charge < -0.3 is 10.2 Å². The summed E-state index contributed by atoms with van der Waals surface area (Å²) >= 11 is 0. The molecule has 1 rings (SSSR count). The van der Waals surface area contributed by atoms with Crippen LogP contribution in [0.2, 0.25) is 0 Å². The molecule has 18 heavy (non-hydrogen) atoms. The molecule has 0 aliphatic heterocycles. The van der Waals surface area contributed by atoms with Crippen LogP contribution in [0.4, 0.5) is 0 Å². The molecule has 1 heterocycles. The Morgan fingerprint density at radius 1 is 1.28 bits per heavy atom. The van der Waals surface area contributed by atoms with E-state index in [1.54, 1.807) is 0 Å². The summed E-state index contributed by atoms with van der Waals surface area (Å²) in [6.07, 6.45) is 3.71. The van der Waals surface area contributed by atoms with E-state index in [1.807, 2.05) is 12.4 Å². The Balaban J connectivity index is 2.29. The summed E-state index contributed by atoms with van der Waals surface area (Å²) in [5.74, 6) is 0.649. The van der Waals surface area contributed by atoms with Crippen LogP contribution < -0.4 is 5.32 Å². The van der Waals surface area contributed by atoms with Gasteiger partial charge in [-0.15, -0.1) is 0 Å². The van der Waals surface area contributed by atoms with E-state index in [9.17, 15) is 0 Å². The molecule has 1 atom stereocenters. The summed E-state index contributed by atoms with van der Waals surface area (Å²) in [5, 5.41) is 3.55. The van der Waals surface area contributed by atoms with E-state index in [4.69, 9.17) is 0 Å². The molecule has 1 unspecified atom stereocenters. The van der Waals surface area contributed by atoms with Gasteiger partial charge in [-0.25, -0.2) is 0 Å². The quantitative estimate of drug-likeness (QED) is 0.840. The molecular weight excluding hydrogens is 222 g/mol. The zero-order valence-electron chi connectivity index (χ0n) is 12.4. The molecule has 3 nitrogen and oxygen atoms in total. The van der Waals surface area contributed by atoms with Crippen LogP contribution >= 0.6 is 0 Å². The second kappa shape index (κ2) is 6.86. The van der Waals surface area contributed by atoms with Crippen molar-refractivity contribution in [3.63, 3.8) is 0 Å². The summed E-state index contributed by atoms with van der Waals surface area (Å²) in [4.78, 5) is 6.41. The Kier molecular flexibility index (Phi) is 5.76. The van der Waals surface area contributed by atoms with Crippen molar-refractivity contribution in [2.75, 3.05) is 20.1 Å². The summed E-state index contributed by atoms with van der Waals surface area (Å²) in [7, 11) is 2.17. The van der Waals surface area contributed by atoms with Gasteiger partial charge in [0.05, 0.1) is 0 Å². The van der Waals surface area contributed by atoms with Gasteiger partial charge in [-0.2, -0.15) is 0 Å². The molecular formula is C15H27N3. The zero-order chi connectivity index (χ0) is 13.6. The summed E-state index contributed by atoms with van der Waals surface area (Å²) in [6, 6.07) is 4.16.